The fourth-order valence-electron chi connectivity index (χ4n) is 5.01. The van der Waals surface area contributed by atoms with Gasteiger partial charge in [0, 0.05) is 0 Å². The van der Waals surface area contributed by atoms with Gasteiger partial charge in [-0.3, -0.25) is 0 Å². The summed E-state index contributed by atoms with van der Waals surface area (Å²) in [6.07, 6.45) is 5.54. The molecule has 3 heteroatoms. The molecule has 0 N–H and O–H groups in total. The monoisotopic (exact) mass is 478 g/mol. The SMILES string of the molecule is [Cl][V][Cl].c1ccc2c(c1)Cc1c([CH-]Cc3cccc4c3Cc3ccccc3-4)cccc1-2. The molecule has 0 saturated heterocycles. The maximum atomic E-state index is 4.86. The molecule has 0 aromatic heterocycles. The summed E-state index contributed by atoms with van der Waals surface area (Å²) in [7, 11) is 9.72. The Kier molecular flexibility index (Phi) is 6.16. The summed E-state index contributed by atoms with van der Waals surface area (Å²) in [5.74, 6) is 0. The van der Waals surface area contributed by atoms with Crippen molar-refractivity contribution in [3.63, 3.8) is 0 Å². The van der Waals surface area contributed by atoms with Gasteiger partial charge in [-0.05, 0) is 46.2 Å². The Morgan fingerprint density at radius 3 is 1.81 bits per heavy atom. The van der Waals surface area contributed by atoms with Crippen molar-refractivity contribution >= 4 is 19.7 Å². The fraction of sp³-hybridized carbons (Fsp3) is 0.107. The van der Waals surface area contributed by atoms with Gasteiger partial charge in [0.15, 0.2) is 0 Å². The zero-order chi connectivity index (χ0) is 21.2. The van der Waals surface area contributed by atoms with Crippen molar-refractivity contribution in [3.8, 4) is 22.3 Å². The standard InChI is InChI=1S/C28H21.2ClH.V/c1-3-11-23-21(7-1)17-27-19(9-5-13-25(23)27)15-16-20-10-6-14-26-24-12-4-2-8-22(24)18-28(20)26;;;/h1-15H,16-18H2;2*1H;/q-1;;;+2/p-2. The van der Waals surface area contributed by atoms with Crippen LogP contribution >= 0.6 is 19.7 Å². The van der Waals surface area contributed by atoms with Gasteiger partial charge in [0.25, 0.3) is 0 Å². The Hall–Kier alpha value is -2.09. The quantitative estimate of drug-likeness (QED) is 0.226. The van der Waals surface area contributed by atoms with Crippen molar-refractivity contribution in [3.05, 3.63) is 125 Å². The van der Waals surface area contributed by atoms with Crippen LogP contribution in [0.25, 0.3) is 22.3 Å². The van der Waals surface area contributed by atoms with Crippen molar-refractivity contribution < 1.29 is 14.4 Å². The summed E-state index contributed by atoms with van der Waals surface area (Å²) >= 11 is -0.368. The molecule has 0 saturated carbocycles. The van der Waals surface area contributed by atoms with Gasteiger partial charge in [0.2, 0.25) is 0 Å². The molecule has 31 heavy (non-hydrogen) atoms. The van der Waals surface area contributed by atoms with E-state index in [0.717, 1.165) is 19.3 Å². The molecule has 0 radical (unpaired) electrons. The Morgan fingerprint density at radius 2 is 1.13 bits per heavy atom. The minimum Gasteiger partial charge on any atom is -0.188 e. The average Bonchev–Trinajstić information content (AvgIpc) is 3.37. The summed E-state index contributed by atoms with van der Waals surface area (Å²) in [6.45, 7) is 0. The Bertz CT molecular complexity index is 1150. The molecule has 4 aromatic rings. The van der Waals surface area contributed by atoms with E-state index in [-0.39, 0.29) is 14.4 Å². The molecule has 0 unspecified atom stereocenters. The second-order valence-corrected chi connectivity index (χ2v) is 10.3. The third-order valence-electron chi connectivity index (χ3n) is 6.38. The van der Waals surface area contributed by atoms with E-state index in [1.807, 2.05) is 0 Å². The van der Waals surface area contributed by atoms with Gasteiger partial charge >= 0.3 is 34.1 Å². The topological polar surface area (TPSA) is 0 Å². The Balaban J connectivity index is 0.000000646. The molecule has 0 aliphatic heterocycles. The van der Waals surface area contributed by atoms with Crippen molar-refractivity contribution in [1.82, 2.24) is 0 Å². The van der Waals surface area contributed by atoms with Crippen LogP contribution in [0.1, 0.15) is 33.4 Å². The van der Waals surface area contributed by atoms with Crippen LogP contribution < -0.4 is 0 Å². The summed E-state index contributed by atoms with van der Waals surface area (Å²) in [5.41, 5.74) is 14.4. The minimum atomic E-state index is -0.368. The first-order valence-electron chi connectivity index (χ1n) is 10.4. The third kappa shape index (κ3) is 3.95. The molecule has 0 nitrogen and oxygen atoms in total. The van der Waals surface area contributed by atoms with E-state index in [1.54, 1.807) is 0 Å². The number of halogens is 2. The van der Waals surface area contributed by atoms with Gasteiger partial charge in [-0.15, -0.1) is 11.6 Å². The van der Waals surface area contributed by atoms with Crippen LogP contribution in [-0.4, -0.2) is 0 Å². The van der Waals surface area contributed by atoms with Crippen molar-refractivity contribution in [2.24, 2.45) is 0 Å². The van der Waals surface area contributed by atoms with Crippen LogP contribution in [0, 0.1) is 6.42 Å². The summed E-state index contributed by atoms with van der Waals surface area (Å²) in [6, 6.07) is 31.2. The zero-order valence-electron chi connectivity index (χ0n) is 17.0. The van der Waals surface area contributed by atoms with E-state index in [4.69, 9.17) is 19.7 Å². The molecule has 0 spiro atoms. The predicted octanol–water partition coefficient (Wildman–Crippen LogP) is 8.00. The van der Waals surface area contributed by atoms with Gasteiger partial charge in [0.05, 0.1) is 0 Å². The molecular formula is C28H21Cl2V-. The van der Waals surface area contributed by atoms with Crippen LogP contribution in [0.4, 0.5) is 0 Å². The second-order valence-electron chi connectivity index (χ2n) is 7.96. The molecule has 0 amide bonds. The van der Waals surface area contributed by atoms with Crippen LogP contribution in [-0.2, 0) is 33.6 Å². The maximum Gasteiger partial charge on any atom is -0.00110 e. The molecule has 6 rings (SSSR count). The first-order chi connectivity index (χ1) is 15.3. The smallest absolute Gasteiger partial charge is 0.00110 e. The van der Waals surface area contributed by atoms with Gasteiger partial charge in [-0.25, -0.2) is 0 Å². The number of benzene rings is 4. The Morgan fingerprint density at radius 1 is 0.613 bits per heavy atom. The first kappa shape index (κ1) is 20.8. The fourth-order valence-corrected chi connectivity index (χ4v) is 5.01. The molecule has 2 aliphatic carbocycles. The minimum absolute atomic E-state index is 0.368. The molecule has 153 valence electrons. The van der Waals surface area contributed by atoms with Crippen molar-refractivity contribution in [1.29, 1.82) is 0 Å². The van der Waals surface area contributed by atoms with E-state index in [2.05, 4.69) is 91.3 Å². The Labute approximate surface area is 199 Å². The van der Waals surface area contributed by atoms with Crippen LogP contribution in [0.5, 0.6) is 0 Å². The number of rotatable bonds is 3. The number of hydrogen-bond donors (Lipinski definition) is 0. The van der Waals surface area contributed by atoms with Crippen molar-refractivity contribution in [2.45, 2.75) is 19.3 Å². The maximum absolute atomic E-state index is 4.86. The second kappa shape index (κ2) is 9.19. The van der Waals surface area contributed by atoms with Gasteiger partial charge in [-0.1, -0.05) is 90.3 Å². The number of hydrogen-bond acceptors (Lipinski definition) is 0. The molecule has 4 aromatic carbocycles. The largest absolute Gasteiger partial charge is 0.188 e. The molecule has 0 fully saturated rings. The van der Waals surface area contributed by atoms with E-state index in [9.17, 15) is 0 Å². The van der Waals surface area contributed by atoms with Crippen LogP contribution in [0.15, 0.2) is 84.9 Å². The van der Waals surface area contributed by atoms with E-state index < -0.39 is 0 Å². The predicted molar refractivity (Wildman–Crippen MR) is 128 cm³/mol. The van der Waals surface area contributed by atoms with E-state index >= 15 is 0 Å². The molecule has 0 atom stereocenters. The summed E-state index contributed by atoms with van der Waals surface area (Å²) in [5, 5.41) is 0. The third-order valence-corrected chi connectivity index (χ3v) is 6.38. The normalized spacial score (nSPS) is 12.1. The van der Waals surface area contributed by atoms with Crippen LogP contribution in [0.3, 0.4) is 0 Å². The average molecular weight is 479 g/mol. The first-order valence-corrected chi connectivity index (χ1v) is 14.3. The zero-order valence-corrected chi connectivity index (χ0v) is 19.9. The van der Waals surface area contributed by atoms with Gasteiger partial charge < -0.3 is 0 Å². The summed E-state index contributed by atoms with van der Waals surface area (Å²) in [4.78, 5) is 0. The molecular weight excluding hydrogens is 458 g/mol. The van der Waals surface area contributed by atoms with Gasteiger partial charge in [0.1, 0.15) is 0 Å². The van der Waals surface area contributed by atoms with E-state index in [0.29, 0.717) is 0 Å². The van der Waals surface area contributed by atoms with E-state index in [1.165, 1.54) is 55.6 Å². The van der Waals surface area contributed by atoms with Gasteiger partial charge in [-0.2, -0.15) is 18.1 Å². The molecule has 0 bridgehead atoms. The summed E-state index contributed by atoms with van der Waals surface area (Å²) < 4.78 is 0. The molecule has 2 aliphatic rings. The molecule has 0 heterocycles. The number of fused-ring (bicyclic) bond motifs is 6. The van der Waals surface area contributed by atoms with Crippen molar-refractivity contribution in [2.75, 3.05) is 0 Å². The van der Waals surface area contributed by atoms with Crippen LogP contribution in [0.2, 0.25) is 0 Å².